The molecule has 0 spiro atoms. The van der Waals surface area contributed by atoms with Crippen molar-refractivity contribution < 1.29 is 9.53 Å². The molecule has 3 nitrogen and oxygen atoms in total. The minimum atomic E-state index is 0.0924. The van der Waals surface area contributed by atoms with Gasteiger partial charge in [0.1, 0.15) is 0 Å². The molecular weight excluding hydrogens is 250 g/mol. The van der Waals surface area contributed by atoms with Crippen molar-refractivity contribution in [1.29, 1.82) is 5.26 Å². The van der Waals surface area contributed by atoms with Crippen LogP contribution in [0.2, 0.25) is 0 Å². The summed E-state index contributed by atoms with van der Waals surface area (Å²) in [7, 11) is 1.70. The highest BCUT2D eigenvalue weighted by Crippen LogP contribution is 2.37. The van der Waals surface area contributed by atoms with Gasteiger partial charge in [0.2, 0.25) is 0 Å². The van der Waals surface area contributed by atoms with Crippen molar-refractivity contribution >= 4 is 5.78 Å². The van der Waals surface area contributed by atoms with E-state index in [2.05, 4.69) is 19.4 Å². The van der Waals surface area contributed by atoms with E-state index in [-0.39, 0.29) is 17.8 Å². The first-order valence-electron chi connectivity index (χ1n) is 6.88. The predicted molar refractivity (Wildman–Crippen MR) is 76.8 cm³/mol. The SMILES string of the molecule is [CH2]CC1C[CH]C(CC(=O)c2ccc(C#N)cc2)C1OC. The van der Waals surface area contributed by atoms with Crippen LogP contribution in [-0.4, -0.2) is 19.0 Å². The number of hydrogen-bond acceptors (Lipinski definition) is 3. The lowest BCUT2D eigenvalue weighted by Crippen LogP contribution is -2.25. The van der Waals surface area contributed by atoms with Gasteiger partial charge in [0, 0.05) is 19.1 Å². The maximum Gasteiger partial charge on any atom is 0.163 e. The predicted octanol–water partition coefficient (Wildman–Crippen LogP) is 3.21. The molecule has 1 aromatic carbocycles. The van der Waals surface area contributed by atoms with E-state index in [1.165, 1.54) is 0 Å². The minimum absolute atomic E-state index is 0.0924. The van der Waals surface area contributed by atoms with E-state index < -0.39 is 0 Å². The summed E-state index contributed by atoms with van der Waals surface area (Å²) in [6.07, 6.45) is 4.53. The summed E-state index contributed by atoms with van der Waals surface area (Å²) in [5, 5.41) is 8.76. The van der Waals surface area contributed by atoms with Gasteiger partial charge in [-0.3, -0.25) is 4.79 Å². The van der Waals surface area contributed by atoms with Crippen molar-refractivity contribution in [2.75, 3.05) is 7.11 Å². The van der Waals surface area contributed by atoms with Crippen LogP contribution in [0.25, 0.3) is 0 Å². The first-order valence-corrected chi connectivity index (χ1v) is 6.88. The van der Waals surface area contributed by atoms with E-state index in [1.54, 1.807) is 31.4 Å². The topological polar surface area (TPSA) is 50.1 Å². The Morgan fingerprint density at radius 2 is 2.15 bits per heavy atom. The molecule has 1 aliphatic carbocycles. The van der Waals surface area contributed by atoms with Crippen LogP contribution in [0.15, 0.2) is 24.3 Å². The van der Waals surface area contributed by atoms with E-state index in [4.69, 9.17) is 10.00 Å². The van der Waals surface area contributed by atoms with Gasteiger partial charge in [0.25, 0.3) is 0 Å². The zero-order valence-corrected chi connectivity index (χ0v) is 11.7. The van der Waals surface area contributed by atoms with Crippen LogP contribution < -0.4 is 0 Å². The number of benzene rings is 1. The Kier molecular flexibility index (Phi) is 4.92. The van der Waals surface area contributed by atoms with Crippen LogP contribution in [0.4, 0.5) is 0 Å². The van der Waals surface area contributed by atoms with Crippen LogP contribution >= 0.6 is 0 Å². The molecule has 1 aliphatic rings. The van der Waals surface area contributed by atoms with Crippen LogP contribution in [0.1, 0.15) is 35.2 Å². The van der Waals surface area contributed by atoms with Crippen molar-refractivity contribution in [3.05, 3.63) is 48.7 Å². The van der Waals surface area contributed by atoms with Crippen LogP contribution in [-0.2, 0) is 4.74 Å². The molecule has 0 saturated heterocycles. The Morgan fingerprint density at radius 1 is 1.45 bits per heavy atom. The Bertz CT molecular complexity index is 501. The van der Waals surface area contributed by atoms with E-state index in [0.29, 0.717) is 23.5 Å². The van der Waals surface area contributed by atoms with Gasteiger partial charge >= 0.3 is 0 Å². The standard InChI is InChI=1S/C17H19NO2/c1-3-13-8-9-15(17(13)20-2)10-16(19)14-6-4-12(11-18)5-7-14/h4-7,9,13,15,17H,1,3,8,10H2,2H3. The number of hydrogen-bond donors (Lipinski definition) is 0. The van der Waals surface area contributed by atoms with E-state index >= 15 is 0 Å². The normalized spacial score (nSPS) is 25.4. The molecule has 0 N–H and O–H groups in total. The number of nitriles is 1. The first kappa shape index (κ1) is 14.7. The highest BCUT2D eigenvalue weighted by atomic mass is 16.5. The Morgan fingerprint density at radius 3 is 2.70 bits per heavy atom. The van der Waals surface area contributed by atoms with Crippen molar-refractivity contribution in [3.8, 4) is 6.07 Å². The molecule has 3 heteroatoms. The maximum atomic E-state index is 12.3. The van der Waals surface area contributed by atoms with E-state index in [9.17, 15) is 4.79 Å². The molecule has 2 radical (unpaired) electrons. The summed E-state index contributed by atoms with van der Waals surface area (Å²) < 4.78 is 5.53. The molecule has 0 amide bonds. The van der Waals surface area contributed by atoms with Gasteiger partial charge in [-0.1, -0.05) is 19.1 Å². The van der Waals surface area contributed by atoms with Crippen LogP contribution in [0.5, 0.6) is 0 Å². The summed E-state index contributed by atoms with van der Waals surface area (Å²) in [5.41, 5.74) is 1.23. The van der Waals surface area contributed by atoms with Gasteiger partial charge < -0.3 is 4.74 Å². The number of carbonyl (C=O) groups excluding carboxylic acids is 1. The number of Topliss-reactive ketones (excluding diaryl/α,β-unsaturated/α-hetero) is 1. The van der Waals surface area contributed by atoms with E-state index in [0.717, 1.165) is 12.8 Å². The third-order valence-corrected chi connectivity index (χ3v) is 4.03. The van der Waals surface area contributed by atoms with Crippen molar-refractivity contribution in [2.45, 2.75) is 25.4 Å². The zero-order valence-electron chi connectivity index (χ0n) is 11.7. The Labute approximate surface area is 120 Å². The highest BCUT2D eigenvalue weighted by molar-refractivity contribution is 5.96. The van der Waals surface area contributed by atoms with Crippen LogP contribution in [0, 0.1) is 36.5 Å². The van der Waals surface area contributed by atoms with E-state index in [1.807, 2.05) is 0 Å². The van der Waals surface area contributed by atoms with Crippen molar-refractivity contribution in [1.82, 2.24) is 0 Å². The molecule has 1 fully saturated rings. The monoisotopic (exact) mass is 269 g/mol. The summed E-state index contributed by atoms with van der Waals surface area (Å²) in [6, 6.07) is 8.85. The Balaban J connectivity index is 2.02. The second-order valence-corrected chi connectivity index (χ2v) is 5.20. The third-order valence-electron chi connectivity index (χ3n) is 4.03. The third kappa shape index (κ3) is 3.08. The number of carbonyl (C=O) groups is 1. The van der Waals surface area contributed by atoms with Gasteiger partial charge in [-0.2, -0.15) is 5.26 Å². The molecule has 0 aliphatic heterocycles. The molecule has 0 bridgehead atoms. The average Bonchev–Trinajstić information content (AvgIpc) is 2.89. The fraction of sp³-hybridized carbons (Fsp3) is 0.412. The summed E-state index contributed by atoms with van der Waals surface area (Å²) in [6.45, 7) is 3.94. The van der Waals surface area contributed by atoms with Gasteiger partial charge in [-0.15, -0.1) is 0 Å². The fourth-order valence-electron chi connectivity index (χ4n) is 2.88. The zero-order chi connectivity index (χ0) is 14.5. The second kappa shape index (κ2) is 6.67. The molecular formula is C17H19NO2. The summed E-state index contributed by atoms with van der Waals surface area (Å²) >= 11 is 0. The maximum absolute atomic E-state index is 12.3. The lowest BCUT2D eigenvalue weighted by atomic mass is 9.92. The fourth-order valence-corrected chi connectivity index (χ4v) is 2.88. The summed E-state index contributed by atoms with van der Waals surface area (Å²) in [5.74, 6) is 0.677. The average molecular weight is 269 g/mol. The van der Waals surface area contributed by atoms with Crippen molar-refractivity contribution in [3.63, 3.8) is 0 Å². The molecule has 1 aromatic rings. The smallest absolute Gasteiger partial charge is 0.163 e. The molecule has 2 rings (SSSR count). The lowest BCUT2D eigenvalue weighted by molar-refractivity contribution is 0.0386. The molecule has 1 saturated carbocycles. The molecule has 104 valence electrons. The van der Waals surface area contributed by atoms with Gasteiger partial charge in [0.05, 0.1) is 17.7 Å². The number of nitrogens with zero attached hydrogens (tertiary/aromatic N) is 1. The first-order chi connectivity index (χ1) is 9.69. The molecule has 20 heavy (non-hydrogen) atoms. The van der Waals surface area contributed by atoms with Gasteiger partial charge in [-0.05, 0) is 43.2 Å². The van der Waals surface area contributed by atoms with Crippen molar-refractivity contribution in [2.24, 2.45) is 11.8 Å². The largest absolute Gasteiger partial charge is 0.381 e. The minimum Gasteiger partial charge on any atom is -0.381 e. The number of ether oxygens (including phenoxy) is 1. The summed E-state index contributed by atoms with van der Waals surface area (Å²) in [4.78, 5) is 12.3. The lowest BCUT2D eigenvalue weighted by Gasteiger charge is -2.22. The molecule has 0 aromatic heterocycles. The van der Waals surface area contributed by atoms with Crippen LogP contribution in [0.3, 0.4) is 0 Å². The van der Waals surface area contributed by atoms with Gasteiger partial charge in [0.15, 0.2) is 5.78 Å². The quantitative estimate of drug-likeness (QED) is 0.771. The number of methoxy groups -OCH3 is 1. The second-order valence-electron chi connectivity index (χ2n) is 5.20. The molecule has 0 heterocycles. The molecule has 3 atom stereocenters. The number of rotatable bonds is 5. The number of ketones is 1. The molecule has 3 unspecified atom stereocenters. The van der Waals surface area contributed by atoms with Gasteiger partial charge in [-0.25, -0.2) is 0 Å². The highest BCUT2D eigenvalue weighted by Gasteiger charge is 2.36. The Hall–Kier alpha value is -1.66.